The summed E-state index contributed by atoms with van der Waals surface area (Å²) in [6.07, 6.45) is 36.9. The summed E-state index contributed by atoms with van der Waals surface area (Å²) in [5.41, 5.74) is -0.328. The van der Waals surface area contributed by atoms with E-state index in [0.29, 0.717) is 12.8 Å². The summed E-state index contributed by atoms with van der Waals surface area (Å²) in [4.78, 5) is 25.2. The minimum Gasteiger partial charge on any atom is -0.462 e. The number of hydrogen-bond acceptors (Lipinski definition) is 6. The Morgan fingerprint density at radius 3 is 1.29 bits per heavy atom. The van der Waals surface area contributed by atoms with Crippen LogP contribution in [0.25, 0.3) is 0 Å². The highest BCUT2D eigenvalue weighted by atomic mass is 32.2. The molecule has 0 atom stereocenters. The number of carbonyl (C=O) groups is 2. The number of esters is 2. The van der Waals surface area contributed by atoms with Gasteiger partial charge in [0.25, 0.3) is 10.1 Å². The third-order valence-corrected chi connectivity index (χ3v) is 9.36. The Morgan fingerprint density at radius 1 is 0.542 bits per heavy atom. The van der Waals surface area contributed by atoms with Crippen molar-refractivity contribution in [1.29, 1.82) is 0 Å². The van der Waals surface area contributed by atoms with Crippen LogP contribution in [0.1, 0.15) is 189 Å². The van der Waals surface area contributed by atoms with Gasteiger partial charge in [0.2, 0.25) is 0 Å². The lowest BCUT2D eigenvalue weighted by Crippen LogP contribution is -2.16. The van der Waals surface area contributed by atoms with Crippen LogP contribution in [0.5, 0.6) is 0 Å². The zero-order valence-corrected chi connectivity index (χ0v) is 31.0. The van der Waals surface area contributed by atoms with Gasteiger partial charge in [-0.05, 0) is 69.6 Å². The summed E-state index contributed by atoms with van der Waals surface area (Å²) in [5, 5.41) is 0. The summed E-state index contributed by atoms with van der Waals surface area (Å²) >= 11 is 0. The normalized spacial score (nSPS) is 11.9. The Bertz CT molecular complexity index is 1140. The average Bonchev–Trinajstić information content (AvgIpc) is 3.07. The largest absolute Gasteiger partial charge is 0.462 e. The molecule has 0 aliphatic rings. The van der Waals surface area contributed by atoms with E-state index in [-0.39, 0.29) is 24.3 Å². The van der Waals surface area contributed by atoms with Gasteiger partial charge < -0.3 is 9.47 Å². The van der Waals surface area contributed by atoms with Crippen LogP contribution in [0.2, 0.25) is 0 Å². The molecule has 0 heterocycles. The highest BCUT2D eigenvalue weighted by molar-refractivity contribution is 7.85. The predicted molar refractivity (Wildman–Crippen MR) is 197 cm³/mol. The van der Waals surface area contributed by atoms with E-state index in [4.69, 9.17) is 9.47 Å². The van der Waals surface area contributed by atoms with Crippen LogP contribution in [-0.4, -0.2) is 38.1 Å². The molecule has 0 aliphatic carbocycles. The van der Waals surface area contributed by atoms with Gasteiger partial charge in [-0.1, -0.05) is 141 Å². The maximum absolute atomic E-state index is 12.9. The minimum atomic E-state index is -4.57. The number of hydrogen-bond donors (Lipinski definition) is 1. The van der Waals surface area contributed by atoms with Crippen LogP contribution in [0.3, 0.4) is 0 Å². The molecule has 0 aliphatic heterocycles. The Kier molecular flexibility index (Phi) is 26.7. The van der Waals surface area contributed by atoms with Crippen LogP contribution in [0, 0.1) is 0 Å². The molecule has 0 saturated heterocycles. The summed E-state index contributed by atoms with van der Waals surface area (Å²) < 4.78 is 43.6. The van der Waals surface area contributed by atoms with Crippen molar-refractivity contribution in [2.45, 2.75) is 173 Å². The van der Waals surface area contributed by atoms with Gasteiger partial charge in [0.05, 0.1) is 29.2 Å². The monoisotopic (exact) mass is 690 g/mol. The Balaban J connectivity index is 2.35. The van der Waals surface area contributed by atoms with E-state index in [1.165, 1.54) is 122 Å². The molecule has 0 amide bonds. The Morgan fingerprint density at radius 2 is 0.896 bits per heavy atom. The standard InChI is InChI=1S/C40H66O7S/c1-3-5-7-9-11-13-15-17-19-21-23-25-27-29-33-46-39(41)37-32-31-36(48(43,44)45)35-38(37)40(42)47-34-30-28-26-24-22-20-18-16-14-12-10-8-6-4-2/h23-26,31-32,35H,3-22,27-30,33-34H2,1-2H3,(H,43,44,45)/b25-23+,26-24+. The van der Waals surface area contributed by atoms with Gasteiger partial charge in [-0.2, -0.15) is 8.42 Å². The van der Waals surface area contributed by atoms with Crippen molar-refractivity contribution in [1.82, 2.24) is 0 Å². The quantitative estimate of drug-likeness (QED) is 0.0357. The van der Waals surface area contributed by atoms with Gasteiger partial charge in [-0.15, -0.1) is 0 Å². The van der Waals surface area contributed by atoms with Crippen LogP contribution in [0.15, 0.2) is 47.4 Å². The molecular weight excluding hydrogens is 624 g/mol. The maximum Gasteiger partial charge on any atom is 0.339 e. The van der Waals surface area contributed by atoms with E-state index in [0.717, 1.165) is 37.8 Å². The number of allylic oxidation sites excluding steroid dienone is 4. The van der Waals surface area contributed by atoms with Gasteiger partial charge in [0.15, 0.2) is 0 Å². The van der Waals surface area contributed by atoms with Gasteiger partial charge in [0, 0.05) is 0 Å². The second-order valence-electron chi connectivity index (χ2n) is 12.9. The fraction of sp³-hybridized carbons (Fsp3) is 0.700. The van der Waals surface area contributed by atoms with Crippen molar-refractivity contribution in [3.8, 4) is 0 Å². The number of unbranched alkanes of at least 4 members (excludes halogenated alkanes) is 20. The molecule has 0 spiro atoms. The molecule has 1 aromatic carbocycles. The van der Waals surface area contributed by atoms with Crippen LogP contribution in [-0.2, 0) is 19.6 Å². The molecule has 7 nitrogen and oxygen atoms in total. The summed E-state index contributed by atoms with van der Waals surface area (Å²) in [6.45, 7) is 4.77. The summed E-state index contributed by atoms with van der Waals surface area (Å²) in [7, 11) is -4.57. The van der Waals surface area contributed by atoms with Gasteiger partial charge in [0.1, 0.15) is 0 Å². The lowest BCUT2D eigenvalue weighted by molar-refractivity contribution is 0.0453. The smallest absolute Gasteiger partial charge is 0.339 e. The van der Waals surface area contributed by atoms with Gasteiger partial charge >= 0.3 is 11.9 Å². The van der Waals surface area contributed by atoms with Crippen molar-refractivity contribution < 1.29 is 32.0 Å². The molecule has 0 radical (unpaired) electrons. The fourth-order valence-corrected chi connectivity index (χ4v) is 6.04. The van der Waals surface area contributed by atoms with E-state index in [1.807, 2.05) is 0 Å². The molecule has 0 saturated carbocycles. The van der Waals surface area contributed by atoms with Crippen LogP contribution in [0.4, 0.5) is 0 Å². The topological polar surface area (TPSA) is 107 Å². The van der Waals surface area contributed by atoms with Crippen molar-refractivity contribution in [2.75, 3.05) is 13.2 Å². The molecule has 0 fully saturated rings. The lowest BCUT2D eigenvalue weighted by Gasteiger charge is -2.11. The van der Waals surface area contributed by atoms with Gasteiger partial charge in [-0.3, -0.25) is 4.55 Å². The Hall–Kier alpha value is -2.45. The molecule has 8 heteroatoms. The third-order valence-electron chi connectivity index (χ3n) is 8.51. The second kappa shape index (κ2) is 29.5. The van der Waals surface area contributed by atoms with Gasteiger partial charge in [-0.25, -0.2) is 9.59 Å². The molecular formula is C40H66O7S. The van der Waals surface area contributed by atoms with E-state index >= 15 is 0 Å². The summed E-state index contributed by atoms with van der Waals surface area (Å²) in [5.74, 6) is -1.56. The Labute approximate surface area is 293 Å². The van der Waals surface area contributed by atoms with E-state index in [2.05, 4.69) is 38.2 Å². The maximum atomic E-state index is 12.9. The molecule has 1 aromatic rings. The molecule has 0 unspecified atom stereocenters. The number of benzene rings is 1. The first-order valence-electron chi connectivity index (χ1n) is 19.1. The van der Waals surface area contributed by atoms with Crippen molar-refractivity contribution in [3.05, 3.63) is 53.6 Å². The average molecular weight is 691 g/mol. The van der Waals surface area contributed by atoms with E-state index in [1.54, 1.807) is 0 Å². The highest BCUT2D eigenvalue weighted by Crippen LogP contribution is 2.19. The summed E-state index contributed by atoms with van der Waals surface area (Å²) in [6, 6.07) is 3.23. The molecule has 0 bridgehead atoms. The number of ether oxygens (including phenoxy) is 2. The molecule has 48 heavy (non-hydrogen) atoms. The predicted octanol–water partition coefficient (Wildman–Crippen LogP) is 11.8. The molecule has 1 N–H and O–H groups in total. The fourth-order valence-electron chi connectivity index (χ4n) is 5.54. The first-order valence-corrected chi connectivity index (χ1v) is 20.5. The lowest BCUT2D eigenvalue weighted by atomic mass is 10.1. The first-order chi connectivity index (χ1) is 23.3. The van der Waals surface area contributed by atoms with Crippen LogP contribution >= 0.6 is 0 Å². The molecule has 1 rings (SSSR count). The zero-order valence-electron chi connectivity index (χ0n) is 30.2. The van der Waals surface area contributed by atoms with Crippen LogP contribution < -0.4 is 0 Å². The van der Waals surface area contributed by atoms with E-state index in [9.17, 15) is 22.6 Å². The number of rotatable bonds is 31. The first kappa shape index (κ1) is 43.6. The molecule has 274 valence electrons. The minimum absolute atomic E-state index is 0.0887. The molecule has 0 aromatic heterocycles. The van der Waals surface area contributed by atoms with Crippen molar-refractivity contribution >= 4 is 22.1 Å². The third kappa shape index (κ3) is 23.0. The number of carbonyl (C=O) groups excluding carboxylic acids is 2. The highest BCUT2D eigenvalue weighted by Gasteiger charge is 2.23. The second-order valence-corrected chi connectivity index (χ2v) is 14.3. The van der Waals surface area contributed by atoms with Crippen molar-refractivity contribution in [3.63, 3.8) is 0 Å². The van der Waals surface area contributed by atoms with E-state index < -0.39 is 27.0 Å². The van der Waals surface area contributed by atoms with Crippen molar-refractivity contribution in [2.24, 2.45) is 0 Å². The SMILES string of the molecule is CCCCCCCCCCC/C=C/CCCOC(=O)c1ccc(S(=O)(=O)O)cc1C(=O)OCCC/C=C/CCCCCCCCCCC. The zero-order chi connectivity index (χ0) is 35.1.